The molecule has 0 bridgehead atoms. The summed E-state index contributed by atoms with van der Waals surface area (Å²) in [7, 11) is 1.28. The lowest BCUT2D eigenvalue weighted by molar-refractivity contribution is -0.139. The zero-order chi connectivity index (χ0) is 24.0. The van der Waals surface area contributed by atoms with Crippen molar-refractivity contribution in [3.63, 3.8) is 0 Å². The van der Waals surface area contributed by atoms with Gasteiger partial charge in [-0.2, -0.15) is 0 Å². The molecule has 0 spiro atoms. The third kappa shape index (κ3) is 6.12. The van der Waals surface area contributed by atoms with Crippen LogP contribution in [0, 0.1) is 0 Å². The summed E-state index contributed by atoms with van der Waals surface area (Å²) in [6.07, 6.45) is 0. The van der Waals surface area contributed by atoms with Crippen LogP contribution in [0.1, 0.15) is 37.8 Å². The van der Waals surface area contributed by atoms with Crippen LogP contribution in [-0.4, -0.2) is 41.5 Å². The van der Waals surface area contributed by atoms with Crippen LogP contribution in [0.15, 0.2) is 72.8 Å². The number of carbonyl (C=O) groups is 3. The van der Waals surface area contributed by atoms with E-state index >= 15 is 0 Å². The molecule has 8 heteroatoms. The van der Waals surface area contributed by atoms with E-state index in [1.807, 2.05) is 0 Å². The Hall–Kier alpha value is -3.35. The Morgan fingerprint density at radius 3 is 2.33 bits per heavy atom. The van der Waals surface area contributed by atoms with Gasteiger partial charge in [0.2, 0.25) is 0 Å². The van der Waals surface area contributed by atoms with E-state index in [1.165, 1.54) is 24.1 Å². The van der Waals surface area contributed by atoms with Crippen LogP contribution in [-0.2, 0) is 16.1 Å². The summed E-state index contributed by atoms with van der Waals surface area (Å²) in [4.78, 5) is 38.9. The molecule has 1 unspecified atom stereocenters. The first kappa shape index (κ1) is 24.3. The average Bonchev–Trinajstić information content (AvgIpc) is 2.81. The summed E-state index contributed by atoms with van der Waals surface area (Å²) in [5, 5.41) is 10.4. The highest BCUT2D eigenvalue weighted by atomic mass is 35.5. The van der Waals surface area contributed by atoms with Gasteiger partial charge < -0.3 is 14.7 Å². The largest absolute Gasteiger partial charge is 0.481 e. The molecule has 0 radical (unpaired) electrons. The summed E-state index contributed by atoms with van der Waals surface area (Å²) in [6.45, 7) is -0.0567. The molecule has 1 N–H and O–H groups in total. The fourth-order valence-electron chi connectivity index (χ4n) is 3.42. The number of nitrogens with zero attached hydrogens (tertiary/aromatic N) is 1. The van der Waals surface area contributed by atoms with Crippen LogP contribution in [0.4, 0.5) is 0 Å². The van der Waals surface area contributed by atoms with Crippen LogP contribution < -0.4 is 0 Å². The third-order valence-corrected chi connectivity index (χ3v) is 5.62. The number of methoxy groups -OCH3 is 1. The predicted molar refractivity (Wildman–Crippen MR) is 126 cm³/mol. The molecule has 0 aromatic heterocycles. The van der Waals surface area contributed by atoms with E-state index in [0.717, 1.165) is 0 Å². The normalized spacial score (nSPS) is 11.5. The third-order valence-electron chi connectivity index (χ3n) is 5.07. The predicted octanol–water partition coefficient (Wildman–Crippen LogP) is 5.29. The lowest BCUT2D eigenvalue weighted by atomic mass is 9.98. The minimum Gasteiger partial charge on any atom is -0.481 e. The highest BCUT2D eigenvalue weighted by molar-refractivity contribution is 6.36. The SMILES string of the molecule is COC(=O)c1cccc(CN(CC(C(=O)O)c2ccccc2)C(=O)c2ccc(Cl)cc2Cl)c1. The van der Waals surface area contributed by atoms with Gasteiger partial charge in [-0.1, -0.05) is 65.7 Å². The highest BCUT2D eigenvalue weighted by Gasteiger charge is 2.27. The van der Waals surface area contributed by atoms with E-state index in [1.54, 1.807) is 60.7 Å². The van der Waals surface area contributed by atoms with E-state index in [9.17, 15) is 19.5 Å². The molecular weight excluding hydrogens is 465 g/mol. The van der Waals surface area contributed by atoms with Crippen molar-refractivity contribution in [2.24, 2.45) is 0 Å². The fourth-order valence-corrected chi connectivity index (χ4v) is 3.91. The van der Waals surface area contributed by atoms with Gasteiger partial charge >= 0.3 is 11.9 Å². The maximum absolute atomic E-state index is 13.5. The Kier molecular flexibility index (Phi) is 8.09. The maximum Gasteiger partial charge on any atom is 0.337 e. The first-order valence-corrected chi connectivity index (χ1v) is 10.7. The molecule has 0 aliphatic rings. The molecule has 3 aromatic carbocycles. The molecule has 3 rings (SSSR count). The van der Waals surface area contributed by atoms with E-state index in [-0.39, 0.29) is 23.7 Å². The smallest absolute Gasteiger partial charge is 0.337 e. The number of carbonyl (C=O) groups excluding carboxylic acids is 2. The Labute approximate surface area is 201 Å². The van der Waals surface area contributed by atoms with Gasteiger partial charge in [-0.25, -0.2) is 4.79 Å². The minimum atomic E-state index is -1.07. The van der Waals surface area contributed by atoms with Crippen LogP contribution >= 0.6 is 23.2 Å². The number of amides is 1. The number of aliphatic carboxylic acids is 1. The number of rotatable bonds is 8. The molecule has 3 aromatic rings. The zero-order valence-corrected chi connectivity index (χ0v) is 19.2. The molecule has 0 aliphatic heterocycles. The number of ether oxygens (including phenoxy) is 1. The van der Waals surface area contributed by atoms with Crippen LogP contribution in [0.2, 0.25) is 10.0 Å². The number of esters is 1. The molecule has 1 amide bonds. The van der Waals surface area contributed by atoms with Gasteiger partial charge in [-0.3, -0.25) is 9.59 Å². The number of halogens is 2. The van der Waals surface area contributed by atoms with Crippen molar-refractivity contribution in [3.05, 3.63) is 105 Å². The molecule has 1 atom stereocenters. The Balaban J connectivity index is 1.99. The van der Waals surface area contributed by atoms with Crippen LogP contribution in [0.25, 0.3) is 0 Å². The van der Waals surface area contributed by atoms with Crippen molar-refractivity contribution in [1.29, 1.82) is 0 Å². The quantitative estimate of drug-likeness (QED) is 0.438. The van der Waals surface area contributed by atoms with Gasteiger partial charge in [0.05, 0.1) is 29.2 Å². The maximum atomic E-state index is 13.5. The van der Waals surface area contributed by atoms with Gasteiger partial charge in [-0.05, 0) is 41.5 Å². The molecular formula is C25H21Cl2NO5. The number of hydrogen-bond donors (Lipinski definition) is 1. The molecule has 0 aliphatic carbocycles. The first-order chi connectivity index (χ1) is 15.8. The number of hydrogen-bond acceptors (Lipinski definition) is 4. The molecule has 170 valence electrons. The molecule has 6 nitrogen and oxygen atoms in total. The minimum absolute atomic E-state index is 0.0548. The van der Waals surface area contributed by atoms with Crippen molar-refractivity contribution in [3.8, 4) is 0 Å². The lowest BCUT2D eigenvalue weighted by Crippen LogP contribution is -2.36. The average molecular weight is 486 g/mol. The monoisotopic (exact) mass is 485 g/mol. The van der Waals surface area contributed by atoms with Crippen LogP contribution in [0.5, 0.6) is 0 Å². The molecule has 0 fully saturated rings. The van der Waals surface area contributed by atoms with Gasteiger partial charge in [-0.15, -0.1) is 0 Å². The standard InChI is InChI=1S/C25H21Cl2NO5/c1-33-25(32)18-9-5-6-16(12-18)14-28(23(29)20-11-10-19(26)13-22(20)27)15-21(24(30)31)17-7-3-2-4-8-17/h2-13,21H,14-15H2,1H3,(H,30,31). The molecule has 0 saturated carbocycles. The topological polar surface area (TPSA) is 83.9 Å². The molecule has 0 heterocycles. The van der Waals surface area contributed by atoms with Crippen molar-refractivity contribution < 1.29 is 24.2 Å². The van der Waals surface area contributed by atoms with E-state index in [0.29, 0.717) is 21.7 Å². The van der Waals surface area contributed by atoms with Gasteiger partial charge in [0.25, 0.3) is 5.91 Å². The second-order valence-corrected chi connectivity index (χ2v) is 8.15. The molecule has 0 saturated heterocycles. The fraction of sp³-hybridized carbons (Fsp3) is 0.160. The zero-order valence-electron chi connectivity index (χ0n) is 17.7. The van der Waals surface area contributed by atoms with E-state index in [4.69, 9.17) is 27.9 Å². The number of carboxylic acid groups (broad SMARTS) is 1. The summed E-state index contributed by atoms with van der Waals surface area (Å²) in [5.41, 5.74) is 1.72. The number of benzene rings is 3. The van der Waals surface area contributed by atoms with Gasteiger partial charge in [0, 0.05) is 18.1 Å². The number of carboxylic acids is 1. The van der Waals surface area contributed by atoms with Crippen molar-refractivity contribution in [2.45, 2.75) is 12.5 Å². The Morgan fingerprint density at radius 2 is 1.70 bits per heavy atom. The lowest BCUT2D eigenvalue weighted by Gasteiger charge is -2.27. The summed E-state index contributed by atoms with van der Waals surface area (Å²) >= 11 is 12.2. The second-order valence-electron chi connectivity index (χ2n) is 7.30. The highest BCUT2D eigenvalue weighted by Crippen LogP contribution is 2.26. The van der Waals surface area contributed by atoms with Crippen molar-refractivity contribution in [1.82, 2.24) is 4.90 Å². The van der Waals surface area contributed by atoms with Crippen molar-refractivity contribution in [2.75, 3.05) is 13.7 Å². The summed E-state index contributed by atoms with van der Waals surface area (Å²) in [6, 6.07) is 19.8. The summed E-state index contributed by atoms with van der Waals surface area (Å²) in [5.74, 6) is -3.00. The Morgan fingerprint density at radius 1 is 0.970 bits per heavy atom. The summed E-state index contributed by atoms with van der Waals surface area (Å²) < 4.78 is 4.77. The van der Waals surface area contributed by atoms with Gasteiger partial charge in [0.1, 0.15) is 0 Å². The molecule has 33 heavy (non-hydrogen) atoms. The Bertz CT molecular complexity index is 1170. The van der Waals surface area contributed by atoms with Crippen molar-refractivity contribution >= 4 is 41.0 Å². The first-order valence-electron chi connectivity index (χ1n) is 9.99. The second kappa shape index (κ2) is 11.0. The van der Waals surface area contributed by atoms with Gasteiger partial charge in [0.15, 0.2) is 0 Å². The van der Waals surface area contributed by atoms with Crippen LogP contribution in [0.3, 0.4) is 0 Å². The van der Waals surface area contributed by atoms with E-state index < -0.39 is 23.8 Å². The van der Waals surface area contributed by atoms with E-state index in [2.05, 4.69) is 0 Å².